The molecule has 0 amide bonds. The highest BCUT2D eigenvalue weighted by Gasteiger charge is 2.15. The van der Waals surface area contributed by atoms with Gasteiger partial charge in [0.25, 0.3) is 0 Å². The maximum absolute atomic E-state index is 5.17. The van der Waals surface area contributed by atoms with Crippen LogP contribution in [0.2, 0.25) is 0 Å². The van der Waals surface area contributed by atoms with Gasteiger partial charge in [-0.1, -0.05) is 25.0 Å². The first kappa shape index (κ1) is 13.4. The van der Waals surface area contributed by atoms with Gasteiger partial charge in [-0.25, -0.2) is 0 Å². The quantitative estimate of drug-likeness (QED) is 0.832. The van der Waals surface area contributed by atoms with E-state index in [-0.39, 0.29) is 0 Å². The first-order chi connectivity index (χ1) is 8.78. The van der Waals surface area contributed by atoms with Crippen LogP contribution in [0.3, 0.4) is 0 Å². The van der Waals surface area contributed by atoms with Crippen LogP contribution in [0.4, 0.5) is 0 Å². The third kappa shape index (κ3) is 4.02. The second-order valence-electron chi connectivity index (χ2n) is 5.51. The number of hydrogen-bond acceptors (Lipinski definition) is 2. The summed E-state index contributed by atoms with van der Waals surface area (Å²) >= 11 is 0. The summed E-state index contributed by atoms with van der Waals surface area (Å²) in [6.07, 6.45) is 6.79. The van der Waals surface area contributed by atoms with E-state index >= 15 is 0 Å². The van der Waals surface area contributed by atoms with E-state index in [4.69, 9.17) is 4.74 Å². The van der Waals surface area contributed by atoms with Gasteiger partial charge in [-0.15, -0.1) is 0 Å². The zero-order chi connectivity index (χ0) is 12.8. The highest BCUT2D eigenvalue weighted by Crippen LogP contribution is 2.23. The Morgan fingerprint density at radius 2 is 1.89 bits per heavy atom. The van der Waals surface area contributed by atoms with E-state index in [0.29, 0.717) is 6.04 Å². The Balaban J connectivity index is 1.73. The average Bonchev–Trinajstić information content (AvgIpc) is 2.90. The lowest BCUT2D eigenvalue weighted by molar-refractivity contribution is 0.414. The van der Waals surface area contributed by atoms with Crippen LogP contribution in [-0.4, -0.2) is 19.7 Å². The number of methoxy groups -OCH3 is 1. The number of hydrogen-bond donors (Lipinski definition) is 1. The molecular weight excluding hydrogens is 222 g/mol. The second kappa shape index (κ2) is 6.79. The van der Waals surface area contributed by atoms with Gasteiger partial charge in [-0.3, -0.25) is 0 Å². The van der Waals surface area contributed by atoms with Crippen molar-refractivity contribution < 1.29 is 4.74 Å². The lowest BCUT2D eigenvalue weighted by atomic mass is 10.0. The molecule has 2 nitrogen and oxygen atoms in total. The fraction of sp³-hybridized carbons (Fsp3) is 0.625. The van der Waals surface area contributed by atoms with Gasteiger partial charge in [-0.2, -0.15) is 0 Å². The topological polar surface area (TPSA) is 21.3 Å². The third-order valence-corrected chi connectivity index (χ3v) is 3.93. The summed E-state index contributed by atoms with van der Waals surface area (Å²) in [5, 5.41) is 3.67. The molecule has 2 heteroatoms. The van der Waals surface area contributed by atoms with Crippen molar-refractivity contribution in [2.24, 2.45) is 5.92 Å². The predicted octanol–water partition coefficient (Wildman–Crippen LogP) is 3.41. The summed E-state index contributed by atoms with van der Waals surface area (Å²) in [5.41, 5.74) is 1.38. The fourth-order valence-corrected chi connectivity index (χ4v) is 2.77. The van der Waals surface area contributed by atoms with Crippen LogP contribution in [0.5, 0.6) is 5.75 Å². The smallest absolute Gasteiger partial charge is 0.118 e. The molecule has 1 N–H and O–H groups in total. The van der Waals surface area contributed by atoms with Crippen molar-refractivity contribution >= 4 is 0 Å². The summed E-state index contributed by atoms with van der Waals surface area (Å²) in [6.45, 7) is 3.47. The van der Waals surface area contributed by atoms with E-state index in [1.54, 1.807) is 7.11 Å². The van der Waals surface area contributed by atoms with Gasteiger partial charge < -0.3 is 10.1 Å². The van der Waals surface area contributed by atoms with Crippen LogP contribution in [0.1, 0.15) is 38.2 Å². The Morgan fingerprint density at radius 1 is 1.22 bits per heavy atom. The van der Waals surface area contributed by atoms with Gasteiger partial charge >= 0.3 is 0 Å². The number of benzene rings is 1. The van der Waals surface area contributed by atoms with Crippen molar-refractivity contribution in [2.75, 3.05) is 13.7 Å². The summed E-state index contributed by atoms with van der Waals surface area (Å²) in [5.74, 6) is 1.86. The Morgan fingerprint density at radius 3 is 2.50 bits per heavy atom. The van der Waals surface area contributed by atoms with Gasteiger partial charge in [0.2, 0.25) is 0 Å². The molecule has 0 heterocycles. The Bertz CT molecular complexity index is 341. The highest BCUT2D eigenvalue weighted by molar-refractivity contribution is 5.27. The molecule has 1 unspecified atom stereocenters. The van der Waals surface area contributed by atoms with E-state index in [0.717, 1.165) is 18.1 Å². The molecule has 100 valence electrons. The molecule has 0 aromatic heterocycles. The van der Waals surface area contributed by atoms with Gasteiger partial charge in [0.05, 0.1) is 7.11 Å². The minimum atomic E-state index is 0.555. The summed E-state index contributed by atoms with van der Waals surface area (Å²) in [6, 6.07) is 8.95. The zero-order valence-electron chi connectivity index (χ0n) is 11.6. The van der Waals surface area contributed by atoms with Crippen molar-refractivity contribution in [1.82, 2.24) is 5.32 Å². The van der Waals surface area contributed by atoms with E-state index in [9.17, 15) is 0 Å². The summed E-state index contributed by atoms with van der Waals surface area (Å²) in [4.78, 5) is 0. The molecule has 0 spiro atoms. The lowest BCUT2D eigenvalue weighted by Crippen LogP contribution is -2.32. The molecule has 0 radical (unpaired) electrons. The van der Waals surface area contributed by atoms with E-state index in [2.05, 4.69) is 24.4 Å². The molecular formula is C16H25NO. The molecule has 18 heavy (non-hydrogen) atoms. The van der Waals surface area contributed by atoms with Gasteiger partial charge in [-0.05, 0) is 56.3 Å². The van der Waals surface area contributed by atoms with Crippen molar-refractivity contribution in [2.45, 2.75) is 45.1 Å². The fourth-order valence-electron chi connectivity index (χ4n) is 2.77. The number of nitrogens with one attached hydrogen (secondary N) is 1. The average molecular weight is 247 g/mol. The molecule has 0 bridgehead atoms. The first-order valence-corrected chi connectivity index (χ1v) is 7.14. The molecule has 0 aliphatic heterocycles. The predicted molar refractivity (Wildman–Crippen MR) is 76.1 cm³/mol. The summed E-state index contributed by atoms with van der Waals surface area (Å²) in [7, 11) is 1.71. The molecule has 1 atom stereocenters. The standard InChI is InChI=1S/C16H25NO/c1-13(17-12-15-5-3-4-6-15)11-14-7-9-16(18-2)10-8-14/h7-10,13,15,17H,3-6,11-12H2,1-2H3. The van der Waals surface area contributed by atoms with Crippen LogP contribution in [0.25, 0.3) is 0 Å². The van der Waals surface area contributed by atoms with Crippen molar-refractivity contribution in [1.29, 1.82) is 0 Å². The molecule has 1 fully saturated rings. The van der Waals surface area contributed by atoms with Gasteiger partial charge in [0.1, 0.15) is 5.75 Å². The highest BCUT2D eigenvalue weighted by atomic mass is 16.5. The molecule has 1 saturated carbocycles. The van der Waals surface area contributed by atoms with Crippen LogP contribution < -0.4 is 10.1 Å². The van der Waals surface area contributed by atoms with Crippen LogP contribution in [0, 0.1) is 5.92 Å². The van der Waals surface area contributed by atoms with Gasteiger partial charge in [0, 0.05) is 6.04 Å². The van der Waals surface area contributed by atoms with E-state index in [1.807, 2.05) is 12.1 Å². The Kier molecular flexibility index (Phi) is 5.06. The first-order valence-electron chi connectivity index (χ1n) is 7.14. The van der Waals surface area contributed by atoms with Crippen LogP contribution in [-0.2, 0) is 6.42 Å². The SMILES string of the molecule is COc1ccc(CC(C)NCC2CCCC2)cc1. The molecule has 1 aromatic carbocycles. The number of rotatable bonds is 6. The maximum Gasteiger partial charge on any atom is 0.118 e. The van der Waals surface area contributed by atoms with Crippen LogP contribution in [0.15, 0.2) is 24.3 Å². The van der Waals surface area contributed by atoms with Crippen molar-refractivity contribution in [3.05, 3.63) is 29.8 Å². The summed E-state index contributed by atoms with van der Waals surface area (Å²) < 4.78 is 5.17. The van der Waals surface area contributed by atoms with Gasteiger partial charge in [0.15, 0.2) is 0 Å². The molecule has 1 aliphatic rings. The van der Waals surface area contributed by atoms with Crippen LogP contribution >= 0.6 is 0 Å². The number of ether oxygens (including phenoxy) is 1. The van der Waals surface area contributed by atoms with Crippen molar-refractivity contribution in [3.63, 3.8) is 0 Å². The minimum Gasteiger partial charge on any atom is -0.497 e. The Labute approximate surface area is 111 Å². The van der Waals surface area contributed by atoms with E-state index in [1.165, 1.54) is 37.8 Å². The molecule has 1 aromatic rings. The minimum absolute atomic E-state index is 0.555. The van der Waals surface area contributed by atoms with E-state index < -0.39 is 0 Å². The molecule has 1 aliphatic carbocycles. The second-order valence-corrected chi connectivity index (χ2v) is 5.51. The third-order valence-electron chi connectivity index (χ3n) is 3.93. The molecule has 2 rings (SSSR count). The lowest BCUT2D eigenvalue weighted by Gasteiger charge is -2.17. The Hall–Kier alpha value is -1.02. The maximum atomic E-state index is 5.17. The monoisotopic (exact) mass is 247 g/mol. The van der Waals surface area contributed by atoms with Crippen molar-refractivity contribution in [3.8, 4) is 5.75 Å². The largest absolute Gasteiger partial charge is 0.497 e. The molecule has 0 saturated heterocycles. The normalized spacial score (nSPS) is 17.9. The zero-order valence-corrected chi connectivity index (χ0v) is 11.6.